The maximum atomic E-state index is 11.7. The minimum absolute atomic E-state index is 0.0706. The number of hydrogen-bond donors (Lipinski definition) is 1. The van der Waals surface area contributed by atoms with Crippen molar-refractivity contribution in [3.63, 3.8) is 0 Å². The van der Waals surface area contributed by atoms with Crippen molar-refractivity contribution < 1.29 is 23.9 Å². The fraction of sp³-hybridized carbons (Fsp3) is 0.400. The second-order valence-electron chi connectivity index (χ2n) is 4.89. The van der Waals surface area contributed by atoms with E-state index < -0.39 is 24.0 Å². The molecule has 0 aromatic heterocycles. The summed E-state index contributed by atoms with van der Waals surface area (Å²) in [5.41, 5.74) is 0.861. The van der Waals surface area contributed by atoms with Crippen LogP contribution >= 0.6 is 0 Å². The number of esters is 1. The summed E-state index contributed by atoms with van der Waals surface area (Å²) in [7, 11) is 1.26. The van der Waals surface area contributed by atoms with E-state index in [4.69, 9.17) is 4.74 Å². The topological polar surface area (TPSA) is 81.7 Å². The standard InChI is InChI=1S/C15H17NO5/c1-20-14(18)12-7-11(17)8-13(12)16-15(19)21-9-10-5-3-2-4-6-10/h2-6,12-13H,7-9H2,1H3,(H,16,19)/t12-,13+/m1/s1. The van der Waals surface area contributed by atoms with E-state index in [9.17, 15) is 14.4 Å². The highest BCUT2D eigenvalue weighted by atomic mass is 16.5. The molecule has 6 heteroatoms. The van der Waals surface area contributed by atoms with E-state index in [1.165, 1.54) is 7.11 Å². The third-order valence-corrected chi connectivity index (χ3v) is 3.40. The Morgan fingerprint density at radius 2 is 1.95 bits per heavy atom. The molecular weight excluding hydrogens is 274 g/mol. The van der Waals surface area contributed by atoms with Crippen molar-refractivity contribution in [3.05, 3.63) is 35.9 Å². The van der Waals surface area contributed by atoms with Crippen molar-refractivity contribution in [1.29, 1.82) is 0 Å². The third-order valence-electron chi connectivity index (χ3n) is 3.40. The number of benzene rings is 1. The van der Waals surface area contributed by atoms with Gasteiger partial charge in [-0.3, -0.25) is 9.59 Å². The van der Waals surface area contributed by atoms with Crippen molar-refractivity contribution in [1.82, 2.24) is 5.32 Å². The summed E-state index contributed by atoms with van der Waals surface area (Å²) in [5, 5.41) is 2.56. The molecule has 1 aromatic rings. The van der Waals surface area contributed by atoms with Crippen LogP contribution in [-0.4, -0.2) is 31.0 Å². The molecule has 0 unspecified atom stereocenters. The Kier molecular flexibility index (Phi) is 4.92. The zero-order valence-corrected chi connectivity index (χ0v) is 11.7. The highest BCUT2D eigenvalue weighted by molar-refractivity contribution is 5.90. The van der Waals surface area contributed by atoms with Gasteiger partial charge in [-0.05, 0) is 5.56 Å². The lowest BCUT2D eigenvalue weighted by Crippen LogP contribution is -2.40. The smallest absolute Gasteiger partial charge is 0.407 e. The number of carbonyl (C=O) groups excluding carboxylic acids is 3. The molecule has 0 bridgehead atoms. The average molecular weight is 291 g/mol. The Bertz CT molecular complexity index is 528. The van der Waals surface area contributed by atoms with Gasteiger partial charge in [0.1, 0.15) is 12.4 Å². The number of nitrogens with one attached hydrogen (secondary N) is 1. The fourth-order valence-corrected chi connectivity index (χ4v) is 2.33. The molecule has 1 N–H and O–H groups in total. The third kappa shape index (κ3) is 4.05. The maximum Gasteiger partial charge on any atom is 0.407 e. The molecular formula is C15H17NO5. The minimum atomic E-state index is -0.646. The van der Waals surface area contributed by atoms with Gasteiger partial charge in [0.15, 0.2) is 0 Å². The van der Waals surface area contributed by atoms with Gasteiger partial charge in [0.25, 0.3) is 0 Å². The molecule has 0 heterocycles. The minimum Gasteiger partial charge on any atom is -0.469 e. The number of methoxy groups -OCH3 is 1. The molecule has 1 fully saturated rings. The Hall–Kier alpha value is -2.37. The van der Waals surface area contributed by atoms with Gasteiger partial charge in [-0.15, -0.1) is 0 Å². The van der Waals surface area contributed by atoms with Gasteiger partial charge >= 0.3 is 12.1 Å². The molecule has 1 saturated carbocycles. The normalized spacial score (nSPS) is 20.9. The van der Waals surface area contributed by atoms with Crippen LogP contribution in [0.4, 0.5) is 4.79 Å². The van der Waals surface area contributed by atoms with Crippen LogP contribution in [0.3, 0.4) is 0 Å². The van der Waals surface area contributed by atoms with E-state index in [1.54, 1.807) is 0 Å². The van der Waals surface area contributed by atoms with Gasteiger partial charge in [0.05, 0.1) is 19.1 Å². The first-order valence-electron chi connectivity index (χ1n) is 6.67. The van der Waals surface area contributed by atoms with Crippen LogP contribution < -0.4 is 5.32 Å². The Balaban J connectivity index is 1.86. The van der Waals surface area contributed by atoms with Crippen molar-refractivity contribution >= 4 is 17.8 Å². The summed E-state index contributed by atoms with van der Waals surface area (Å²) in [4.78, 5) is 34.7. The van der Waals surface area contributed by atoms with Crippen LogP contribution in [0.25, 0.3) is 0 Å². The molecule has 1 aliphatic rings. The first kappa shape index (κ1) is 15.0. The number of hydrogen-bond acceptors (Lipinski definition) is 5. The summed E-state index contributed by atoms with van der Waals surface area (Å²) in [5.74, 6) is -1.19. The van der Waals surface area contributed by atoms with E-state index in [-0.39, 0.29) is 25.2 Å². The number of ether oxygens (including phenoxy) is 2. The zero-order valence-electron chi connectivity index (χ0n) is 11.7. The predicted octanol–water partition coefficient (Wildman–Crippen LogP) is 1.43. The second kappa shape index (κ2) is 6.88. The number of ketones is 1. The van der Waals surface area contributed by atoms with Crippen LogP contribution in [-0.2, 0) is 25.7 Å². The monoisotopic (exact) mass is 291 g/mol. The van der Waals surface area contributed by atoms with Crippen molar-refractivity contribution in [2.45, 2.75) is 25.5 Å². The Labute approximate surface area is 122 Å². The molecule has 1 amide bonds. The summed E-state index contributed by atoms with van der Waals surface area (Å²) >= 11 is 0. The molecule has 6 nitrogen and oxygen atoms in total. The van der Waals surface area contributed by atoms with Crippen molar-refractivity contribution in [2.75, 3.05) is 7.11 Å². The van der Waals surface area contributed by atoms with Gasteiger partial charge in [-0.2, -0.15) is 0 Å². The zero-order chi connectivity index (χ0) is 15.2. The van der Waals surface area contributed by atoms with Gasteiger partial charge < -0.3 is 14.8 Å². The lowest BCUT2D eigenvalue weighted by atomic mass is 10.0. The van der Waals surface area contributed by atoms with E-state index >= 15 is 0 Å². The maximum absolute atomic E-state index is 11.7. The van der Waals surface area contributed by atoms with E-state index in [2.05, 4.69) is 10.1 Å². The average Bonchev–Trinajstić information content (AvgIpc) is 2.86. The Morgan fingerprint density at radius 3 is 2.62 bits per heavy atom. The fourth-order valence-electron chi connectivity index (χ4n) is 2.33. The largest absolute Gasteiger partial charge is 0.469 e. The number of amides is 1. The first-order valence-corrected chi connectivity index (χ1v) is 6.67. The van der Waals surface area contributed by atoms with Gasteiger partial charge in [0.2, 0.25) is 0 Å². The molecule has 1 aliphatic carbocycles. The molecule has 2 atom stereocenters. The van der Waals surface area contributed by atoms with E-state index in [0.29, 0.717) is 0 Å². The van der Waals surface area contributed by atoms with Crippen LogP contribution in [0, 0.1) is 5.92 Å². The number of Topliss-reactive ketones (excluding diaryl/α,β-unsaturated/α-hetero) is 1. The van der Waals surface area contributed by atoms with Gasteiger partial charge in [-0.1, -0.05) is 30.3 Å². The second-order valence-corrected chi connectivity index (χ2v) is 4.89. The first-order chi connectivity index (χ1) is 10.1. The molecule has 1 aromatic carbocycles. The quantitative estimate of drug-likeness (QED) is 0.849. The van der Waals surface area contributed by atoms with E-state index in [1.807, 2.05) is 30.3 Å². The van der Waals surface area contributed by atoms with Gasteiger partial charge in [-0.25, -0.2) is 4.79 Å². The molecule has 0 aliphatic heterocycles. The predicted molar refractivity (Wildman–Crippen MR) is 73.3 cm³/mol. The Morgan fingerprint density at radius 1 is 1.24 bits per heavy atom. The van der Waals surface area contributed by atoms with Crippen LogP contribution in [0.5, 0.6) is 0 Å². The molecule has 0 saturated heterocycles. The summed E-state index contributed by atoms with van der Waals surface area (Å²) in [6.45, 7) is 0.135. The molecule has 0 spiro atoms. The molecule has 2 rings (SSSR count). The van der Waals surface area contributed by atoms with Crippen molar-refractivity contribution in [3.8, 4) is 0 Å². The highest BCUT2D eigenvalue weighted by Crippen LogP contribution is 2.24. The lowest BCUT2D eigenvalue weighted by molar-refractivity contribution is -0.146. The summed E-state index contributed by atoms with van der Waals surface area (Å²) < 4.78 is 9.71. The number of rotatable bonds is 4. The van der Waals surface area contributed by atoms with Crippen LogP contribution in [0.2, 0.25) is 0 Å². The molecule has 112 valence electrons. The lowest BCUT2D eigenvalue weighted by Gasteiger charge is -2.17. The number of carbonyl (C=O) groups is 3. The van der Waals surface area contributed by atoms with Gasteiger partial charge in [0, 0.05) is 12.8 Å². The summed E-state index contributed by atoms with van der Waals surface area (Å²) in [6, 6.07) is 8.68. The SMILES string of the molecule is COC(=O)[C@@H]1CC(=O)C[C@@H]1NC(=O)OCc1ccccc1. The summed E-state index contributed by atoms with van der Waals surface area (Å²) in [6.07, 6.45) is -0.427. The highest BCUT2D eigenvalue weighted by Gasteiger charge is 2.39. The molecule has 21 heavy (non-hydrogen) atoms. The van der Waals surface area contributed by atoms with Crippen molar-refractivity contribution in [2.24, 2.45) is 5.92 Å². The van der Waals surface area contributed by atoms with Crippen LogP contribution in [0.15, 0.2) is 30.3 Å². The number of alkyl carbamates (subject to hydrolysis) is 1. The van der Waals surface area contributed by atoms with Crippen LogP contribution in [0.1, 0.15) is 18.4 Å². The van der Waals surface area contributed by atoms with E-state index in [0.717, 1.165) is 5.56 Å². The molecule has 0 radical (unpaired) electrons.